The van der Waals surface area contributed by atoms with E-state index >= 15 is 4.39 Å². The summed E-state index contributed by atoms with van der Waals surface area (Å²) in [6.07, 6.45) is -1.14. The first kappa shape index (κ1) is 22.7. The summed E-state index contributed by atoms with van der Waals surface area (Å²) in [5.74, 6) is -2.77. The minimum Gasteiger partial charge on any atom is -0.363 e. The van der Waals surface area contributed by atoms with Gasteiger partial charge in [0.05, 0.1) is 12.4 Å². The molecule has 2 fully saturated rings. The van der Waals surface area contributed by atoms with Crippen LogP contribution in [0.4, 0.5) is 19.3 Å². The summed E-state index contributed by atoms with van der Waals surface area (Å²) in [5.41, 5.74) is -1.01. The van der Waals surface area contributed by atoms with Crippen LogP contribution in [0.3, 0.4) is 0 Å². The number of carbonyl (C=O) groups is 3. The van der Waals surface area contributed by atoms with Gasteiger partial charge in [-0.2, -0.15) is 4.39 Å². The summed E-state index contributed by atoms with van der Waals surface area (Å²) in [6, 6.07) is 5.79. The fourth-order valence-electron chi connectivity index (χ4n) is 6.73. The van der Waals surface area contributed by atoms with Crippen LogP contribution in [0.5, 0.6) is 0 Å². The van der Waals surface area contributed by atoms with Gasteiger partial charge in [0, 0.05) is 17.5 Å². The van der Waals surface area contributed by atoms with E-state index in [2.05, 4.69) is 15.8 Å². The predicted octanol–water partition coefficient (Wildman–Crippen LogP) is 2.79. The van der Waals surface area contributed by atoms with Crippen molar-refractivity contribution in [3.63, 3.8) is 0 Å². The lowest BCUT2D eigenvalue weighted by Crippen LogP contribution is -2.80. The van der Waals surface area contributed by atoms with Crippen LogP contribution < -0.4 is 15.1 Å². The van der Waals surface area contributed by atoms with Crippen molar-refractivity contribution in [1.82, 2.24) is 20.3 Å². The van der Waals surface area contributed by atoms with Crippen LogP contribution in [0, 0.1) is 17.0 Å². The van der Waals surface area contributed by atoms with Gasteiger partial charge in [-0.25, -0.2) is 9.18 Å². The fourth-order valence-corrected chi connectivity index (χ4v) is 6.73. The van der Waals surface area contributed by atoms with Crippen molar-refractivity contribution in [1.29, 1.82) is 0 Å². The fraction of sp³-hybridized carbons (Fsp3) is 0.360. The first-order chi connectivity index (χ1) is 17.1. The molecule has 11 heteroatoms. The van der Waals surface area contributed by atoms with Gasteiger partial charge in [-0.15, -0.1) is 0 Å². The van der Waals surface area contributed by atoms with Crippen LogP contribution in [0.25, 0.3) is 22.2 Å². The minimum absolute atomic E-state index is 0.111. The second-order valence-corrected chi connectivity index (χ2v) is 10.0. The number of carbonyl (C=O) groups excluding carboxylic acids is 3. The van der Waals surface area contributed by atoms with E-state index in [-0.39, 0.29) is 51.5 Å². The number of quaternary nitrogens is 1. The van der Waals surface area contributed by atoms with Crippen molar-refractivity contribution in [2.45, 2.75) is 38.5 Å². The first-order valence-electron chi connectivity index (χ1n) is 11.6. The largest absolute Gasteiger partial charge is 0.363 e. The smallest absolute Gasteiger partial charge is 0.328 e. The molecule has 9 nitrogen and oxygen atoms in total. The molecule has 2 aromatic carbocycles. The molecule has 3 aromatic rings. The molecule has 2 N–H and O–H groups in total. The van der Waals surface area contributed by atoms with Crippen LogP contribution in [0.15, 0.2) is 34.9 Å². The molecule has 0 radical (unpaired) electrons. The zero-order valence-corrected chi connectivity index (χ0v) is 19.7. The quantitative estimate of drug-likeness (QED) is 0.395. The van der Waals surface area contributed by atoms with E-state index in [4.69, 9.17) is 9.26 Å². The third-order valence-corrected chi connectivity index (χ3v) is 7.78. The van der Waals surface area contributed by atoms with Crippen molar-refractivity contribution in [2.24, 2.45) is 5.41 Å². The Labute approximate surface area is 203 Å². The van der Waals surface area contributed by atoms with Crippen molar-refractivity contribution in [3.8, 4) is 11.3 Å². The van der Waals surface area contributed by atoms with Crippen LogP contribution in [0.1, 0.15) is 19.4 Å². The third-order valence-electron chi connectivity index (χ3n) is 7.78. The second-order valence-electron chi connectivity index (χ2n) is 10.0. The molecule has 36 heavy (non-hydrogen) atoms. The highest BCUT2D eigenvalue weighted by Crippen LogP contribution is 2.52. The molecule has 0 bridgehead atoms. The van der Waals surface area contributed by atoms with Crippen LogP contribution in [0.2, 0.25) is 0 Å². The average Bonchev–Trinajstić information content (AvgIpc) is 3.20. The summed E-state index contributed by atoms with van der Waals surface area (Å²) in [4.78, 5) is 38.8. The third kappa shape index (κ3) is 2.80. The number of nitrogens with one attached hydrogen (secondary N) is 2. The number of amides is 4. The average molecular weight is 497 g/mol. The molecule has 4 atom stereocenters. The highest BCUT2D eigenvalue weighted by molar-refractivity contribution is 6.20. The van der Waals surface area contributed by atoms with E-state index in [0.717, 1.165) is 0 Å². The van der Waals surface area contributed by atoms with Crippen LogP contribution in [-0.4, -0.2) is 54.8 Å². The van der Waals surface area contributed by atoms with E-state index in [0.29, 0.717) is 5.56 Å². The monoisotopic (exact) mass is 497 g/mol. The van der Waals surface area contributed by atoms with E-state index < -0.39 is 47.0 Å². The van der Waals surface area contributed by atoms with Gasteiger partial charge < -0.3 is 9.26 Å². The lowest BCUT2D eigenvalue weighted by molar-refractivity contribution is -0.169. The van der Waals surface area contributed by atoms with Crippen molar-refractivity contribution in [2.75, 3.05) is 13.6 Å². The molecule has 6 rings (SSSR count). The number of likely N-dealkylation sites (N-methyl/N-ethyl adjacent to an activating group) is 1. The van der Waals surface area contributed by atoms with Crippen molar-refractivity contribution < 1.29 is 32.4 Å². The second kappa shape index (κ2) is 7.40. The SMILES string of the molecule is CC1C[N+]2(C)c3c(cc4c(-c5ccccc5F)noc4c3F)CC3(C(=O)NC(=O)NC3=O)C2C(C)O1. The summed E-state index contributed by atoms with van der Waals surface area (Å²) < 4.78 is 42.2. The number of halogens is 2. The van der Waals surface area contributed by atoms with Gasteiger partial charge in [0.1, 0.15) is 36.3 Å². The van der Waals surface area contributed by atoms with E-state index in [1.807, 2.05) is 6.92 Å². The number of ether oxygens (including phenoxy) is 1. The lowest BCUT2D eigenvalue weighted by Gasteiger charge is -2.57. The Morgan fingerprint density at radius 1 is 1.11 bits per heavy atom. The van der Waals surface area contributed by atoms with Gasteiger partial charge >= 0.3 is 6.03 Å². The van der Waals surface area contributed by atoms with Crippen LogP contribution >= 0.6 is 0 Å². The number of urea groups is 1. The molecule has 1 spiro atoms. The molecule has 3 aliphatic rings. The molecule has 186 valence electrons. The number of rotatable bonds is 1. The zero-order chi connectivity index (χ0) is 25.6. The molecule has 4 unspecified atom stereocenters. The van der Waals surface area contributed by atoms with Crippen LogP contribution in [-0.2, 0) is 20.7 Å². The molecule has 4 amide bonds. The van der Waals surface area contributed by atoms with Gasteiger partial charge in [-0.05, 0) is 32.0 Å². The number of aromatic nitrogens is 1. The van der Waals surface area contributed by atoms with Gasteiger partial charge in [-0.3, -0.25) is 24.7 Å². The Balaban J connectivity index is 1.65. The molecule has 3 aliphatic heterocycles. The highest BCUT2D eigenvalue weighted by atomic mass is 19.1. The molecule has 0 saturated carbocycles. The number of nitrogens with zero attached hydrogens (tertiary/aromatic N) is 2. The number of barbiturate groups is 1. The Hall–Kier alpha value is -3.70. The molecule has 2 saturated heterocycles. The van der Waals surface area contributed by atoms with Gasteiger partial charge in [0.15, 0.2) is 11.1 Å². The number of fused-ring (bicyclic) bond motifs is 5. The number of hydrogen-bond donors (Lipinski definition) is 2. The zero-order valence-electron chi connectivity index (χ0n) is 19.7. The maximum absolute atomic E-state index is 16.3. The lowest BCUT2D eigenvalue weighted by atomic mass is 9.65. The molecular weight excluding hydrogens is 474 g/mol. The van der Waals surface area contributed by atoms with Gasteiger partial charge in [0.2, 0.25) is 23.2 Å². The maximum Gasteiger partial charge on any atom is 0.328 e. The predicted molar refractivity (Wildman–Crippen MR) is 124 cm³/mol. The van der Waals surface area contributed by atoms with Crippen molar-refractivity contribution in [3.05, 3.63) is 47.5 Å². The van der Waals surface area contributed by atoms with E-state index in [1.165, 1.54) is 18.2 Å². The Kier molecular flexibility index (Phi) is 4.68. The normalized spacial score (nSPS) is 29.0. The Morgan fingerprint density at radius 3 is 2.50 bits per heavy atom. The molecule has 1 aromatic heterocycles. The van der Waals surface area contributed by atoms with E-state index in [9.17, 15) is 18.8 Å². The van der Waals surface area contributed by atoms with Gasteiger partial charge in [-0.1, -0.05) is 17.3 Å². The minimum atomic E-state index is -1.75. The number of morpholine rings is 1. The first-order valence-corrected chi connectivity index (χ1v) is 11.6. The number of benzene rings is 2. The molecular formula is C25H23F2N4O5+. The summed E-state index contributed by atoms with van der Waals surface area (Å²) in [6.45, 7) is 3.83. The Morgan fingerprint density at radius 2 is 1.81 bits per heavy atom. The number of hydrogen-bond acceptors (Lipinski definition) is 6. The van der Waals surface area contributed by atoms with E-state index in [1.54, 1.807) is 26.1 Å². The topological polar surface area (TPSA) is 111 Å². The number of imide groups is 2. The maximum atomic E-state index is 16.3. The summed E-state index contributed by atoms with van der Waals surface area (Å²) in [7, 11) is 1.75. The summed E-state index contributed by atoms with van der Waals surface area (Å²) >= 11 is 0. The highest BCUT2D eigenvalue weighted by Gasteiger charge is 2.69. The summed E-state index contributed by atoms with van der Waals surface area (Å²) in [5, 5.41) is 8.64. The molecule has 4 heterocycles. The van der Waals surface area contributed by atoms with Crippen molar-refractivity contribution >= 4 is 34.5 Å². The molecule has 0 aliphatic carbocycles. The van der Waals surface area contributed by atoms with Gasteiger partial charge in [0.25, 0.3) is 0 Å². The standard InChI is InChI=1S/C25H22F2N4O5/c1-11-10-31(3)19-13(9-25(21(31)12(2)35-11)22(32)28-24(34)29-23(25)33)8-15-18(30-36-20(15)17(19)27)14-6-4-5-7-16(14)26/h4-8,11-12,21H,9-10H2,1-3H3,(H-,28,29,32,33,34)/p+1. The Bertz CT molecular complexity index is 1470.